The van der Waals surface area contributed by atoms with Crippen LogP contribution in [0.15, 0.2) is 72.8 Å². The van der Waals surface area contributed by atoms with Gasteiger partial charge in [0.2, 0.25) is 0 Å². The first-order chi connectivity index (χ1) is 10.2. The van der Waals surface area contributed by atoms with E-state index < -0.39 is 0 Å². The zero-order valence-electron chi connectivity index (χ0n) is 12.2. The molecule has 0 spiro atoms. The number of rotatable bonds is 3. The Hall–Kier alpha value is -2.54. The first kappa shape index (κ1) is 13.4. The van der Waals surface area contributed by atoms with Crippen LogP contribution in [0.4, 0.5) is 5.69 Å². The fraction of sp³-hybridized carbons (Fsp3) is 0.100. The van der Waals surface area contributed by atoms with Crippen molar-refractivity contribution in [1.82, 2.24) is 0 Å². The maximum atomic E-state index is 6.15. The molecule has 1 nitrogen and oxygen atoms in total. The maximum absolute atomic E-state index is 6.15. The Balaban J connectivity index is 1.97. The smallest absolute Gasteiger partial charge is 0.0350 e. The van der Waals surface area contributed by atoms with Crippen LogP contribution in [0.1, 0.15) is 16.7 Å². The molecule has 0 amide bonds. The van der Waals surface area contributed by atoms with Crippen molar-refractivity contribution in [2.45, 2.75) is 13.3 Å². The van der Waals surface area contributed by atoms with E-state index in [9.17, 15) is 0 Å². The molecule has 21 heavy (non-hydrogen) atoms. The molecule has 0 radical (unpaired) electrons. The molecular formula is C20H19N. The van der Waals surface area contributed by atoms with Crippen LogP contribution in [0, 0.1) is 6.92 Å². The number of anilines is 1. The summed E-state index contributed by atoms with van der Waals surface area (Å²) >= 11 is 0. The second kappa shape index (κ2) is 5.84. The SMILES string of the molecule is Cc1cccc(-c2ccc(N)c(Cc3ccccc3)c2)c1. The molecule has 0 aliphatic carbocycles. The third-order valence-electron chi connectivity index (χ3n) is 3.73. The minimum absolute atomic E-state index is 0.857. The molecule has 0 unspecified atom stereocenters. The summed E-state index contributed by atoms with van der Waals surface area (Å²) in [4.78, 5) is 0. The highest BCUT2D eigenvalue weighted by atomic mass is 14.6. The standard InChI is InChI=1S/C20H19N/c1-15-6-5-9-17(12-15)18-10-11-20(21)19(14-18)13-16-7-3-2-4-8-16/h2-12,14H,13,21H2,1H3. The number of hydrogen-bond donors (Lipinski definition) is 1. The highest BCUT2D eigenvalue weighted by Gasteiger charge is 2.05. The van der Waals surface area contributed by atoms with Crippen molar-refractivity contribution in [3.8, 4) is 11.1 Å². The van der Waals surface area contributed by atoms with E-state index in [1.54, 1.807) is 0 Å². The molecule has 0 aliphatic rings. The van der Waals surface area contributed by atoms with Crippen LogP contribution in [0.25, 0.3) is 11.1 Å². The largest absolute Gasteiger partial charge is 0.398 e. The van der Waals surface area contributed by atoms with Gasteiger partial charge in [0, 0.05) is 5.69 Å². The molecule has 0 heterocycles. The van der Waals surface area contributed by atoms with Gasteiger partial charge in [-0.05, 0) is 47.7 Å². The Kier molecular flexibility index (Phi) is 3.74. The Morgan fingerprint density at radius 3 is 2.29 bits per heavy atom. The normalized spacial score (nSPS) is 10.5. The summed E-state index contributed by atoms with van der Waals surface area (Å²) in [6.07, 6.45) is 0.867. The second-order valence-electron chi connectivity index (χ2n) is 5.45. The molecule has 3 aromatic carbocycles. The molecule has 2 N–H and O–H groups in total. The van der Waals surface area contributed by atoms with Crippen LogP contribution in [-0.4, -0.2) is 0 Å². The Labute approximate surface area is 126 Å². The number of benzene rings is 3. The molecule has 0 aliphatic heterocycles. The number of aryl methyl sites for hydroxylation is 1. The van der Waals surface area contributed by atoms with Gasteiger partial charge in [-0.3, -0.25) is 0 Å². The molecule has 0 fully saturated rings. The molecule has 104 valence electrons. The molecule has 0 aromatic heterocycles. The van der Waals surface area contributed by atoms with Crippen LogP contribution in [-0.2, 0) is 6.42 Å². The van der Waals surface area contributed by atoms with Gasteiger partial charge >= 0.3 is 0 Å². The molecule has 0 saturated carbocycles. The lowest BCUT2D eigenvalue weighted by molar-refractivity contribution is 1.20. The van der Waals surface area contributed by atoms with Gasteiger partial charge in [0.05, 0.1) is 0 Å². The van der Waals surface area contributed by atoms with Crippen LogP contribution in [0.5, 0.6) is 0 Å². The van der Waals surface area contributed by atoms with E-state index in [1.165, 1.54) is 27.8 Å². The lowest BCUT2D eigenvalue weighted by atomic mass is 9.97. The van der Waals surface area contributed by atoms with Crippen molar-refractivity contribution in [2.24, 2.45) is 0 Å². The third-order valence-corrected chi connectivity index (χ3v) is 3.73. The van der Waals surface area contributed by atoms with Gasteiger partial charge in [-0.25, -0.2) is 0 Å². The molecule has 1 heteroatoms. The summed E-state index contributed by atoms with van der Waals surface area (Å²) in [5.41, 5.74) is 13.2. The van der Waals surface area contributed by atoms with Gasteiger partial charge < -0.3 is 5.73 Å². The van der Waals surface area contributed by atoms with Crippen molar-refractivity contribution in [2.75, 3.05) is 5.73 Å². The second-order valence-corrected chi connectivity index (χ2v) is 5.45. The monoisotopic (exact) mass is 273 g/mol. The zero-order valence-corrected chi connectivity index (χ0v) is 12.2. The predicted molar refractivity (Wildman–Crippen MR) is 90.3 cm³/mol. The molecule has 0 bridgehead atoms. The van der Waals surface area contributed by atoms with Gasteiger partial charge in [0.15, 0.2) is 0 Å². The lowest BCUT2D eigenvalue weighted by Crippen LogP contribution is -1.96. The Morgan fingerprint density at radius 2 is 1.52 bits per heavy atom. The average Bonchev–Trinajstić information content (AvgIpc) is 2.50. The van der Waals surface area contributed by atoms with Crippen LogP contribution in [0.2, 0.25) is 0 Å². The van der Waals surface area contributed by atoms with E-state index in [0.717, 1.165) is 12.1 Å². The van der Waals surface area contributed by atoms with E-state index in [0.29, 0.717) is 0 Å². The van der Waals surface area contributed by atoms with Crippen LogP contribution < -0.4 is 5.73 Å². The van der Waals surface area contributed by atoms with Crippen molar-refractivity contribution in [3.05, 3.63) is 89.5 Å². The summed E-state index contributed by atoms with van der Waals surface area (Å²) in [6, 6.07) is 25.3. The summed E-state index contributed by atoms with van der Waals surface area (Å²) in [6.45, 7) is 2.12. The summed E-state index contributed by atoms with van der Waals surface area (Å²) in [7, 11) is 0. The molecule has 0 saturated heterocycles. The van der Waals surface area contributed by atoms with E-state index in [1.807, 2.05) is 12.1 Å². The van der Waals surface area contributed by atoms with E-state index in [2.05, 4.69) is 67.6 Å². The predicted octanol–water partition coefficient (Wildman–Crippen LogP) is 4.84. The fourth-order valence-corrected chi connectivity index (χ4v) is 2.58. The first-order valence-electron chi connectivity index (χ1n) is 7.22. The summed E-state index contributed by atoms with van der Waals surface area (Å²) < 4.78 is 0. The molecular weight excluding hydrogens is 254 g/mol. The van der Waals surface area contributed by atoms with Gasteiger partial charge in [0.25, 0.3) is 0 Å². The number of hydrogen-bond acceptors (Lipinski definition) is 1. The summed E-state index contributed by atoms with van der Waals surface area (Å²) in [5.74, 6) is 0. The Bertz CT molecular complexity index is 745. The van der Waals surface area contributed by atoms with Gasteiger partial charge in [-0.2, -0.15) is 0 Å². The highest BCUT2D eigenvalue weighted by Crippen LogP contribution is 2.26. The molecule has 3 aromatic rings. The van der Waals surface area contributed by atoms with Gasteiger partial charge in [-0.15, -0.1) is 0 Å². The van der Waals surface area contributed by atoms with Crippen molar-refractivity contribution in [3.63, 3.8) is 0 Å². The Morgan fingerprint density at radius 1 is 0.762 bits per heavy atom. The van der Waals surface area contributed by atoms with Crippen LogP contribution >= 0.6 is 0 Å². The third kappa shape index (κ3) is 3.14. The topological polar surface area (TPSA) is 26.0 Å². The quantitative estimate of drug-likeness (QED) is 0.679. The lowest BCUT2D eigenvalue weighted by Gasteiger charge is -2.10. The number of nitrogens with two attached hydrogens (primary N) is 1. The van der Waals surface area contributed by atoms with Crippen molar-refractivity contribution < 1.29 is 0 Å². The van der Waals surface area contributed by atoms with Gasteiger partial charge in [0.1, 0.15) is 0 Å². The zero-order chi connectivity index (χ0) is 14.7. The molecule has 0 atom stereocenters. The average molecular weight is 273 g/mol. The first-order valence-corrected chi connectivity index (χ1v) is 7.22. The van der Waals surface area contributed by atoms with Gasteiger partial charge in [-0.1, -0.05) is 66.2 Å². The van der Waals surface area contributed by atoms with Crippen molar-refractivity contribution in [1.29, 1.82) is 0 Å². The van der Waals surface area contributed by atoms with Crippen molar-refractivity contribution >= 4 is 5.69 Å². The van der Waals surface area contributed by atoms with Crippen LogP contribution in [0.3, 0.4) is 0 Å². The molecule has 3 rings (SSSR count). The number of nitrogen functional groups attached to an aromatic ring is 1. The van der Waals surface area contributed by atoms with E-state index in [-0.39, 0.29) is 0 Å². The highest BCUT2D eigenvalue weighted by molar-refractivity contribution is 5.68. The maximum Gasteiger partial charge on any atom is 0.0350 e. The fourth-order valence-electron chi connectivity index (χ4n) is 2.58. The van der Waals surface area contributed by atoms with E-state index in [4.69, 9.17) is 5.73 Å². The minimum Gasteiger partial charge on any atom is -0.398 e. The minimum atomic E-state index is 0.857. The summed E-state index contributed by atoms with van der Waals surface area (Å²) in [5, 5.41) is 0. The van der Waals surface area contributed by atoms with E-state index >= 15 is 0 Å².